The highest BCUT2D eigenvalue weighted by atomic mass is 79.9. The molecule has 1 amide bonds. The molecule has 0 radical (unpaired) electrons. The number of hydrogen-bond acceptors (Lipinski definition) is 4. The molecular formula is C20H20BrNO4. The maximum Gasteiger partial charge on any atom is 0.340 e. The lowest BCUT2D eigenvalue weighted by atomic mass is 9.99. The highest BCUT2D eigenvalue weighted by molar-refractivity contribution is 9.10. The van der Waals surface area contributed by atoms with E-state index in [1.54, 1.807) is 30.0 Å². The molecule has 3 rings (SSSR count). The number of nitrogens with zero attached hydrogens (tertiary/aromatic N) is 1. The van der Waals surface area contributed by atoms with Crippen LogP contribution in [0.15, 0.2) is 46.9 Å². The van der Waals surface area contributed by atoms with Gasteiger partial charge in [-0.2, -0.15) is 0 Å². The van der Waals surface area contributed by atoms with Gasteiger partial charge in [-0.05, 0) is 58.6 Å². The maximum absolute atomic E-state index is 12.7. The van der Waals surface area contributed by atoms with Crippen molar-refractivity contribution in [1.82, 2.24) is 4.90 Å². The number of methoxy groups -OCH3 is 1. The van der Waals surface area contributed by atoms with Crippen LogP contribution in [-0.2, 0) is 22.5 Å². The standard InChI is InChI=1S/C20H20BrNO4/c1-13(26-20(24)17-11-16(25-2)7-8-18(17)21)19(23)22-10-9-14-5-3-4-6-15(14)12-22/h3-8,11,13H,9-10,12H2,1-2H3/t13-/m1/s1. The van der Waals surface area contributed by atoms with Crippen LogP contribution in [0.25, 0.3) is 0 Å². The van der Waals surface area contributed by atoms with E-state index >= 15 is 0 Å². The number of amides is 1. The Morgan fingerprint density at radius 2 is 1.88 bits per heavy atom. The molecule has 2 aromatic carbocycles. The number of hydrogen-bond donors (Lipinski definition) is 0. The molecule has 0 aromatic heterocycles. The lowest BCUT2D eigenvalue weighted by Gasteiger charge is -2.30. The summed E-state index contributed by atoms with van der Waals surface area (Å²) in [6.45, 7) is 2.77. The number of rotatable bonds is 4. The average molecular weight is 418 g/mol. The Kier molecular flexibility index (Phi) is 5.61. The van der Waals surface area contributed by atoms with Crippen LogP contribution in [0, 0.1) is 0 Å². The summed E-state index contributed by atoms with van der Waals surface area (Å²) in [5.74, 6) is -0.201. The summed E-state index contributed by atoms with van der Waals surface area (Å²) >= 11 is 3.33. The minimum Gasteiger partial charge on any atom is -0.497 e. The molecule has 0 fully saturated rings. The van der Waals surface area contributed by atoms with Gasteiger partial charge in [-0.1, -0.05) is 24.3 Å². The van der Waals surface area contributed by atoms with Crippen LogP contribution in [0.1, 0.15) is 28.4 Å². The number of carbonyl (C=O) groups excluding carboxylic acids is 2. The van der Waals surface area contributed by atoms with Crippen LogP contribution in [0.5, 0.6) is 5.75 Å². The van der Waals surface area contributed by atoms with Gasteiger partial charge in [0.1, 0.15) is 5.75 Å². The Balaban J connectivity index is 1.67. The van der Waals surface area contributed by atoms with Crippen molar-refractivity contribution in [2.24, 2.45) is 0 Å². The van der Waals surface area contributed by atoms with Crippen molar-refractivity contribution in [3.8, 4) is 5.75 Å². The molecule has 1 heterocycles. The summed E-state index contributed by atoms with van der Waals surface area (Å²) in [7, 11) is 1.53. The second kappa shape index (κ2) is 7.91. The predicted octanol–water partition coefficient (Wildman–Crippen LogP) is 3.59. The van der Waals surface area contributed by atoms with Gasteiger partial charge in [0, 0.05) is 17.6 Å². The zero-order valence-electron chi connectivity index (χ0n) is 14.7. The van der Waals surface area contributed by atoms with E-state index in [1.807, 2.05) is 18.2 Å². The minimum atomic E-state index is -0.856. The van der Waals surface area contributed by atoms with E-state index in [9.17, 15) is 9.59 Å². The van der Waals surface area contributed by atoms with E-state index in [0.717, 1.165) is 12.0 Å². The summed E-state index contributed by atoms with van der Waals surface area (Å²) in [5, 5.41) is 0. The molecule has 0 N–H and O–H groups in total. The Morgan fingerprint density at radius 1 is 1.15 bits per heavy atom. The van der Waals surface area contributed by atoms with Crippen molar-refractivity contribution in [3.63, 3.8) is 0 Å². The van der Waals surface area contributed by atoms with Crippen LogP contribution in [0.4, 0.5) is 0 Å². The van der Waals surface area contributed by atoms with Crippen LogP contribution in [0.3, 0.4) is 0 Å². The summed E-state index contributed by atoms with van der Waals surface area (Å²) in [6.07, 6.45) is -0.0461. The van der Waals surface area contributed by atoms with E-state index < -0.39 is 12.1 Å². The molecule has 1 aliphatic rings. The fourth-order valence-electron chi connectivity index (χ4n) is 3.00. The molecule has 136 valence electrons. The Hall–Kier alpha value is -2.34. The van der Waals surface area contributed by atoms with Gasteiger partial charge in [-0.15, -0.1) is 0 Å². The first-order chi connectivity index (χ1) is 12.5. The van der Waals surface area contributed by atoms with Gasteiger partial charge >= 0.3 is 5.97 Å². The summed E-state index contributed by atoms with van der Waals surface area (Å²) < 4.78 is 11.1. The zero-order valence-corrected chi connectivity index (χ0v) is 16.3. The molecule has 0 spiro atoms. The van der Waals surface area contributed by atoms with Crippen molar-refractivity contribution < 1.29 is 19.1 Å². The molecule has 0 bridgehead atoms. The second-order valence-corrected chi connectivity index (χ2v) is 7.03. The van der Waals surface area contributed by atoms with E-state index in [-0.39, 0.29) is 5.91 Å². The second-order valence-electron chi connectivity index (χ2n) is 6.17. The smallest absolute Gasteiger partial charge is 0.340 e. The first-order valence-electron chi connectivity index (χ1n) is 8.39. The highest BCUT2D eigenvalue weighted by Gasteiger charge is 2.27. The third-order valence-corrected chi connectivity index (χ3v) is 5.16. The lowest BCUT2D eigenvalue weighted by Crippen LogP contribution is -2.42. The van der Waals surface area contributed by atoms with Crippen molar-refractivity contribution in [2.45, 2.75) is 26.0 Å². The number of fused-ring (bicyclic) bond motifs is 1. The Bertz CT molecular complexity index is 836. The Labute approximate surface area is 161 Å². The zero-order chi connectivity index (χ0) is 18.7. The van der Waals surface area contributed by atoms with Gasteiger partial charge in [0.05, 0.1) is 12.7 Å². The first kappa shape index (κ1) is 18.5. The maximum atomic E-state index is 12.7. The molecular weight excluding hydrogens is 398 g/mol. The topological polar surface area (TPSA) is 55.8 Å². The normalized spacial score (nSPS) is 14.3. The number of benzene rings is 2. The molecule has 5 nitrogen and oxygen atoms in total. The SMILES string of the molecule is COc1ccc(Br)c(C(=O)O[C@H](C)C(=O)N2CCc3ccccc3C2)c1. The summed E-state index contributed by atoms with van der Waals surface area (Å²) in [4.78, 5) is 26.9. The fraction of sp³-hybridized carbons (Fsp3) is 0.300. The van der Waals surface area contributed by atoms with Crippen molar-refractivity contribution >= 4 is 27.8 Å². The number of halogens is 1. The fourth-order valence-corrected chi connectivity index (χ4v) is 3.41. The first-order valence-corrected chi connectivity index (χ1v) is 9.19. The summed E-state index contributed by atoms with van der Waals surface area (Å²) in [5.41, 5.74) is 2.73. The number of esters is 1. The van der Waals surface area contributed by atoms with Gasteiger partial charge in [0.2, 0.25) is 0 Å². The highest BCUT2D eigenvalue weighted by Crippen LogP contribution is 2.24. The minimum absolute atomic E-state index is 0.188. The van der Waals surface area contributed by atoms with Crippen LogP contribution < -0.4 is 4.74 Å². The molecule has 2 aromatic rings. The number of ether oxygens (including phenoxy) is 2. The van der Waals surface area contributed by atoms with Gasteiger partial charge in [-0.3, -0.25) is 4.79 Å². The van der Waals surface area contributed by atoms with Crippen molar-refractivity contribution in [2.75, 3.05) is 13.7 Å². The van der Waals surface area contributed by atoms with Crippen molar-refractivity contribution in [1.29, 1.82) is 0 Å². The van der Waals surface area contributed by atoms with E-state index in [0.29, 0.717) is 28.9 Å². The quantitative estimate of drug-likeness (QED) is 0.713. The molecule has 6 heteroatoms. The third kappa shape index (κ3) is 3.90. The van der Waals surface area contributed by atoms with Crippen LogP contribution in [-0.4, -0.2) is 36.5 Å². The Morgan fingerprint density at radius 3 is 2.62 bits per heavy atom. The van der Waals surface area contributed by atoms with E-state index in [4.69, 9.17) is 9.47 Å². The van der Waals surface area contributed by atoms with E-state index in [1.165, 1.54) is 12.7 Å². The average Bonchev–Trinajstić information content (AvgIpc) is 2.67. The van der Waals surface area contributed by atoms with Gasteiger partial charge < -0.3 is 14.4 Å². The van der Waals surface area contributed by atoms with Gasteiger partial charge in [0.25, 0.3) is 5.91 Å². The number of carbonyl (C=O) groups is 2. The van der Waals surface area contributed by atoms with Crippen molar-refractivity contribution in [3.05, 3.63) is 63.6 Å². The monoisotopic (exact) mass is 417 g/mol. The largest absolute Gasteiger partial charge is 0.497 e. The van der Waals surface area contributed by atoms with Gasteiger partial charge in [-0.25, -0.2) is 4.79 Å². The lowest BCUT2D eigenvalue weighted by molar-refractivity contribution is -0.140. The molecule has 0 aliphatic carbocycles. The molecule has 0 saturated heterocycles. The predicted molar refractivity (Wildman–Crippen MR) is 101 cm³/mol. The third-order valence-electron chi connectivity index (χ3n) is 4.47. The van der Waals surface area contributed by atoms with Gasteiger partial charge in [0.15, 0.2) is 6.10 Å². The molecule has 26 heavy (non-hydrogen) atoms. The molecule has 1 aliphatic heterocycles. The molecule has 1 atom stereocenters. The molecule has 0 unspecified atom stereocenters. The van der Waals surface area contributed by atoms with Crippen LogP contribution in [0.2, 0.25) is 0 Å². The summed E-state index contributed by atoms with van der Waals surface area (Å²) in [6, 6.07) is 13.1. The van der Waals surface area contributed by atoms with E-state index in [2.05, 4.69) is 22.0 Å². The van der Waals surface area contributed by atoms with Crippen LogP contribution >= 0.6 is 15.9 Å². The molecule has 0 saturated carbocycles.